The molecule has 1 aromatic heterocycles. The summed E-state index contributed by atoms with van der Waals surface area (Å²) in [5, 5.41) is 3.64. The SMILES string of the molecule is CCCCC1CCC(C(=O)Nc2sc3c(c2C(=O)OCC)CCN(C(C)=O)C3)CC1. The third-order valence-electron chi connectivity index (χ3n) is 6.40. The first-order valence-corrected chi connectivity index (χ1v) is 12.1. The maximum absolute atomic E-state index is 13.0. The van der Waals surface area contributed by atoms with Gasteiger partial charge >= 0.3 is 5.97 Å². The minimum atomic E-state index is -0.384. The molecule has 1 N–H and O–H groups in total. The molecule has 1 aromatic rings. The molecular formula is C23H34N2O4S. The molecule has 2 aliphatic rings. The van der Waals surface area contributed by atoms with Crippen molar-refractivity contribution in [3.8, 4) is 0 Å². The minimum absolute atomic E-state index is 0.00534. The third-order valence-corrected chi connectivity index (χ3v) is 7.53. The summed E-state index contributed by atoms with van der Waals surface area (Å²) >= 11 is 1.41. The number of nitrogens with one attached hydrogen (secondary N) is 1. The molecule has 166 valence electrons. The number of hydrogen-bond donors (Lipinski definition) is 1. The van der Waals surface area contributed by atoms with Gasteiger partial charge in [0.15, 0.2) is 0 Å². The molecule has 0 spiro atoms. The van der Waals surface area contributed by atoms with Gasteiger partial charge in [-0.05, 0) is 50.5 Å². The van der Waals surface area contributed by atoms with Crippen LogP contribution >= 0.6 is 11.3 Å². The predicted molar refractivity (Wildman–Crippen MR) is 119 cm³/mol. The smallest absolute Gasteiger partial charge is 0.341 e. The van der Waals surface area contributed by atoms with Gasteiger partial charge in [0.2, 0.25) is 11.8 Å². The van der Waals surface area contributed by atoms with Crippen LogP contribution in [0, 0.1) is 11.8 Å². The molecule has 0 bridgehead atoms. The van der Waals surface area contributed by atoms with E-state index in [1.165, 1.54) is 30.6 Å². The third kappa shape index (κ3) is 5.23. The molecule has 2 amide bonds. The molecule has 3 rings (SSSR count). The summed E-state index contributed by atoms with van der Waals surface area (Å²) in [5.74, 6) is 0.403. The summed E-state index contributed by atoms with van der Waals surface area (Å²) in [5.41, 5.74) is 1.42. The Bertz CT molecular complexity index is 780. The number of carbonyl (C=O) groups is 3. The second-order valence-corrected chi connectivity index (χ2v) is 9.57. The standard InChI is InChI=1S/C23H34N2O4S/c1-4-6-7-16-8-10-17(11-9-16)21(27)24-22-20(23(28)29-5-2)18-12-13-25(15(3)26)14-19(18)30-22/h16-17H,4-14H2,1-3H3,(H,24,27). The number of ether oxygens (including phenoxy) is 1. The van der Waals surface area contributed by atoms with Gasteiger partial charge in [-0.2, -0.15) is 0 Å². The molecule has 0 radical (unpaired) electrons. The number of carbonyl (C=O) groups excluding carboxylic acids is 3. The Morgan fingerprint density at radius 1 is 1.17 bits per heavy atom. The van der Waals surface area contributed by atoms with E-state index >= 15 is 0 Å². The molecule has 30 heavy (non-hydrogen) atoms. The van der Waals surface area contributed by atoms with E-state index in [2.05, 4.69) is 12.2 Å². The number of nitrogens with zero attached hydrogens (tertiary/aromatic N) is 1. The summed E-state index contributed by atoms with van der Waals surface area (Å²) in [6, 6.07) is 0. The largest absolute Gasteiger partial charge is 0.462 e. The van der Waals surface area contributed by atoms with E-state index in [4.69, 9.17) is 4.74 Å². The van der Waals surface area contributed by atoms with Gasteiger partial charge in [0, 0.05) is 24.3 Å². The molecule has 1 aliphatic carbocycles. The second kappa shape index (κ2) is 10.4. The summed E-state index contributed by atoms with van der Waals surface area (Å²) < 4.78 is 5.28. The molecule has 0 unspecified atom stereocenters. The van der Waals surface area contributed by atoms with Crippen LogP contribution in [0.2, 0.25) is 0 Å². The monoisotopic (exact) mass is 434 g/mol. The maximum Gasteiger partial charge on any atom is 0.341 e. The van der Waals surface area contributed by atoms with E-state index in [0.717, 1.165) is 42.0 Å². The van der Waals surface area contributed by atoms with E-state index in [1.54, 1.807) is 18.7 Å². The van der Waals surface area contributed by atoms with Crippen LogP contribution < -0.4 is 5.32 Å². The van der Waals surface area contributed by atoms with E-state index in [0.29, 0.717) is 30.1 Å². The van der Waals surface area contributed by atoms with Crippen LogP contribution in [0.3, 0.4) is 0 Å². The molecule has 6 nitrogen and oxygen atoms in total. The lowest BCUT2D eigenvalue weighted by Crippen LogP contribution is -2.34. The zero-order valence-electron chi connectivity index (χ0n) is 18.4. The Balaban J connectivity index is 1.73. The molecule has 0 saturated heterocycles. The summed E-state index contributed by atoms with van der Waals surface area (Å²) in [6.45, 7) is 6.92. The molecule has 7 heteroatoms. The highest BCUT2D eigenvalue weighted by Gasteiger charge is 2.32. The van der Waals surface area contributed by atoms with Crippen LogP contribution in [-0.2, 0) is 27.3 Å². The van der Waals surface area contributed by atoms with E-state index < -0.39 is 0 Å². The summed E-state index contributed by atoms with van der Waals surface area (Å²) in [4.78, 5) is 40.2. The predicted octanol–water partition coefficient (Wildman–Crippen LogP) is 4.76. The van der Waals surface area contributed by atoms with Crippen LogP contribution in [0.25, 0.3) is 0 Å². The average Bonchev–Trinajstić information content (AvgIpc) is 3.09. The first-order chi connectivity index (χ1) is 14.4. The van der Waals surface area contributed by atoms with Crippen LogP contribution in [0.5, 0.6) is 0 Å². The molecule has 2 heterocycles. The number of anilines is 1. The molecule has 1 aliphatic heterocycles. The minimum Gasteiger partial charge on any atom is -0.462 e. The number of unbranched alkanes of at least 4 members (excludes halogenated alkanes) is 1. The zero-order valence-corrected chi connectivity index (χ0v) is 19.2. The fraction of sp³-hybridized carbons (Fsp3) is 0.696. The Morgan fingerprint density at radius 2 is 1.90 bits per heavy atom. The Morgan fingerprint density at radius 3 is 2.53 bits per heavy atom. The number of amides is 2. The first kappa shape index (κ1) is 22.8. The van der Waals surface area contributed by atoms with E-state index in [9.17, 15) is 14.4 Å². The van der Waals surface area contributed by atoms with Gasteiger partial charge in [-0.25, -0.2) is 4.79 Å². The number of hydrogen-bond acceptors (Lipinski definition) is 5. The number of esters is 1. The van der Waals surface area contributed by atoms with Crippen molar-refractivity contribution in [1.29, 1.82) is 0 Å². The van der Waals surface area contributed by atoms with Gasteiger partial charge in [-0.3, -0.25) is 9.59 Å². The molecule has 0 aromatic carbocycles. The Kier molecular flexibility index (Phi) is 7.92. The molecular weight excluding hydrogens is 400 g/mol. The van der Waals surface area contributed by atoms with E-state index in [-0.39, 0.29) is 30.3 Å². The quantitative estimate of drug-likeness (QED) is 0.628. The highest BCUT2D eigenvalue weighted by atomic mass is 32.1. The lowest BCUT2D eigenvalue weighted by Gasteiger charge is -2.27. The number of fused-ring (bicyclic) bond motifs is 1. The Hall–Kier alpha value is -1.89. The van der Waals surface area contributed by atoms with Crippen LogP contribution in [-0.4, -0.2) is 35.8 Å². The lowest BCUT2D eigenvalue weighted by atomic mass is 9.79. The topological polar surface area (TPSA) is 75.7 Å². The van der Waals surface area contributed by atoms with Gasteiger partial charge in [0.1, 0.15) is 5.00 Å². The van der Waals surface area contributed by atoms with Crippen LogP contribution in [0.1, 0.15) is 86.5 Å². The highest BCUT2D eigenvalue weighted by Crippen LogP contribution is 2.39. The van der Waals surface area contributed by atoms with Gasteiger partial charge in [0.25, 0.3) is 0 Å². The van der Waals surface area contributed by atoms with Crippen molar-refractivity contribution >= 4 is 34.1 Å². The normalized spacial score (nSPS) is 21.1. The van der Waals surface area contributed by atoms with Crippen molar-refractivity contribution in [2.75, 3.05) is 18.5 Å². The highest BCUT2D eigenvalue weighted by molar-refractivity contribution is 7.17. The fourth-order valence-electron chi connectivity index (χ4n) is 4.60. The Labute approximate surface area is 183 Å². The zero-order chi connectivity index (χ0) is 21.7. The molecule has 1 fully saturated rings. The van der Waals surface area contributed by atoms with Gasteiger partial charge < -0.3 is 15.0 Å². The number of thiophene rings is 1. The van der Waals surface area contributed by atoms with Gasteiger partial charge in [0.05, 0.1) is 18.7 Å². The van der Waals surface area contributed by atoms with Gasteiger partial charge in [-0.1, -0.05) is 26.2 Å². The van der Waals surface area contributed by atoms with Crippen molar-refractivity contribution in [2.24, 2.45) is 11.8 Å². The first-order valence-electron chi connectivity index (χ1n) is 11.3. The van der Waals surface area contributed by atoms with Crippen LogP contribution in [0.4, 0.5) is 5.00 Å². The lowest BCUT2D eigenvalue weighted by molar-refractivity contribution is -0.129. The van der Waals surface area contributed by atoms with Gasteiger partial charge in [-0.15, -0.1) is 11.3 Å². The van der Waals surface area contributed by atoms with Crippen molar-refractivity contribution in [1.82, 2.24) is 4.90 Å². The summed E-state index contributed by atoms with van der Waals surface area (Å²) in [7, 11) is 0. The fourth-order valence-corrected chi connectivity index (χ4v) is 5.85. The molecule has 0 atom stereocenters. The van der Waals surface area contributed by atoms with E-state index in [1.807, 2.05) is 0 Å². The second-order valence-electron chi connectivity index (χ2n) is 8.47. The van der Waals surface area contributed by atoms with Crippen molar-refractivity contribution in [3.05, 3.63) is 16.0 Å². The van der Waals surface area contributed by atoms with Crippen molar-refractivity contribution in [2.45, 2.75) is 78.7 Å². The average molecular weight is 435 g/mol. The van der Waals surface area contributed by atoms with Crippen molar-refractivity contribution in [3.63, 3.8) is 0 Å². The maximum atomic E-state index is 13.0. The van der Waals surface area contributed by atoms with Crippen LogP contribution in [0.15, 0.2) is 0 Å². The number of rotatable bonds is 7. The van der Waals surface area contributed by atoms with Crippen molar-refractivity contribution < 1.29 is 19.1 Å². The summed E-state index contributed by atoms with van der Waals surface area (Å²) in [6.07, 6.45) is 8.41. The molecule has 1 saturated carbocycles.